The Labute approximate surface area is 143 Å². The summed E-state index contributed by atoms with van der Waals surface area (Å²) in [4.78, 5) is 14.5. The van der Waals surface area contributed by atoms with E-state index in [4.69, 9.17) is 4.52 Å². The minimum absolute atomic E-state index is 0.0529. The van der Waals surface area contributed by atoms with Crippen molar-refractivity contribution in [3.05, 3.63) is 35.9 Å². The van der Waals surface area contributed by atoms with E-state index in [0.717, 1.165) is 24.3 Å². The molecule has 0 spiro atoms. The van der Waals surface area contributed by atoms with Gasteiger partial charge in [0, 0.05) is 24.7 Å². The Hall–Kier alpha value is -2.14. The molecule has 0 saturated carbocycles. The molecule has 2 aromatic rings. The third-order valence-corrected chi connectivity index (χ3v) is 4.43. The van der Waals surface area contributed by atoms with Crippen LogP contribution in [0.25, 0.3) is 11.3 Å². The Morgan fingerprint density at radius 3 is 2.58 bits per heavy atom. The highest BCUT2D eigenvalue weighted by atomic mass is 16.5. The van der Waals surface area contributed by atoms with E-state index in [1.165, 1.54) is 12.0 Å². The van der Waals surface area contributed by atoms with E-state index in [-0.39, 0.29) is 5.91 Å². The van der Waals surface area contributed by atoms with Crippen molar-refractivity contribution in [3.63, 3.8) is 0 Å². The lowest BCUT2D eigenvalue weighted by Gasteiger charge is -2.34. The molecule has 1 fully saturated rings. The van der Waals surface area contributed by atoms with Crippen LogP contribution in [-0.2, 0) is 4.79 Å². The maximum atomic E-state index is 12.2. The van der Waals surface area contributed by atoms with Crippen LogP contribution < -0.4 is 5.32 Å². The number of benzene rings is 1. The van der Waals surface area contributed by atoms with Crippen molar-refractivity contribution in [1.29, 1.82) is 0 Å². The summed E-state index contributed by atoms with van der Waals surface area (Å²) in [5, 5.41) is 6.85. The van der Waals surface area contributed by atoms with Gasteiger partial charge in [0.2, 0.25) is 11.8 Å². The molecule has 5 nitrogen and oxygen atoms in total. The molecule has 2 heterocycles. The molecule has 1 aromatic carbocycles. The summed E-state index contributed by atoms with van der Waals surface area (Å²) in [6.45, 7) is 8.87. The van der Waals surface area contributed by atoms with Gasteiger partial charge in [0.05, 0.1) is 6.54 Å². The van der Waals surface area contributed by atoms with E-state index in [0.29, 0.717) is 24.3 Å². The molecule has 0 radical (unpaired) electrons. The molecule has 1 N–H and O–H groups in total. The van der Waals surface area contributed by atoms with Crippen LogP contribution in [0.3, 0.4) is 0 Å². The van der Waals surface area contributed by atoms with Gasteiger partial charge < -0.3 is 4.52 Å². The first-order valence-electron chi connectivity index (χ1n) is 8.55. The summed E-state index contributed by atoms with van der Waals surface area (Å²) in [6.07, 6.45) is 1.24. The van der Waals surface area contributed by atoms with Crippen molar-refractivity contribution in [2.24, 2.45) is 11.8 Å². The van der Waals surface area contributed by atoms with E-state index in [2.05, 4.69) is 29.2 Å². The maximum Gasteiger partial charge on any atom is 0.240 e. The average molecular weight is 327 g/mol. The first-order chi connectivity index (χ1) is 11.5. The summed E-state index contributed by atoms with van der Waals surface area (Å²) >= 11 is 0. The van der Waals surface area contributed by atoms with Gasteiger partial charge in [0.25, 0.3) is 0 Å². The van der Waals surface area contributed by atoms with Crippen molar-refractivity contribution in [3.8, 4) is 11.3 Å². The molecule has 1 aromatic heterocycles. The number of likely N-dealkylation sites (tertiary alicyclic amines) is 1. The second-order valence-electron chi connectivity index (χ2n) is 7.13. The Morgan fingerprint density at radius 2 is 1.92 bits per heavy atom. The number of anilines is 1. The second kappa shape index (κ2) is 7.18. The third-order valence-electron chi connectivity index (χ3n) is 4.43. The largest absolute Gasteiger partial charge is 0.338 e. The van der Waals surface area contributed by atoms with Gasteiger partial charge in [0.1, 0.15) is 5.69 Å². The highest BCUT2D eigenvalue weighted by molar-refractivity contribution is 5.91. The SMILES string of the molecule is Cc1ccc(-c2cc(NC(=O)CN3C[C@@H](C)C[C@H](C)C3)on2)cc1. The molecule has 0 bridgehead atoms. The van der Waals surface area contributed by atoms with Crippen molar-refractivity contribution in [2.75, 3.05) is 25.0 Å². The molecule has 128 valence electrons. The van der Waals surface area contributed by atoms with Crippen molar-refractivity contribution < 1.29 is 9.32 Å². The summed E-state index contributed by atoms with van der Waals surface area (Å²) in [5.41, 5.74) is 2.90. The van der Waals surface area contributed by atoms with E-state index in [1.54, 1.807) is 6.07 Å². The van der Waals surface area contributed by atoms with Gasteiger partial charge in [-0.1, -0.05) is 48.8 Å². The Bertz CT molecular complexity index is 683. The van der Waals surface area contributed by atoms with E-state index in [1.807, 2.05) is 31.2 Å². The number of rotatable bonds is 4. The Balaban J connectivity index is 1.58. The number of carbonyl (C=O) groups excluding carboxylic acids is 1. The number of nitrogens with zero attached hydrogens (tertiary/aromatic N) is 2. The smallest absolute Gasteiger partial charge is 0.240 e. The monoisotopic (exact) mass is 327 g/mol. The number of aromatic nitrogens is 1. The second-order valence-corrected chi connectivity index (χ2v) is 7.13. The van der Waals surface area contributed by atoms with Crippen molar-refractivity contribution in [2.45, 2.75) is 27.2 Å². The fourth-order valence-electron chi connectivity index (χ4n) is 3.50. The molecule has 2 atom stereocenters. The number of hydrogen-bond donors (Lipinski definition) is 1. The zero-order valence-corrected chi connectivity index (χ0v) is 14.6. The lowest BCUT2D eigenvalue weighted by Crippen LogP contribution is -2.42. The normalized spacial score (nSPS) is 21.6. The van der Waals surface area contributed by atoms with Crippen LogP contribution in [0.1, 0.15) is 25.8 Å². The fraction of sp³-hybridized carbons (Fsp3) is 0.474. The first kappa shape index (κ1) is 16.7. The van der Waals surface area contributed by atoms with Gasteiger partial charge in [-0.15, -0.1) is 0 Å². The van der Waals surface area contributed by atoms with Crippen LogP contribution in [-0.4, -0.2) is 35.6 Å². The van der Waals surface area contributed by atoms with Crippen LogP contribution in [0, 0.1) is 18.8 Å². The maximum absolute atomic E-state index is 12.2. The summed E-state index contributed by atoms with van der Waals surface area (Å²) in [6, 6.07) is 9.82. The molecule has 1 aliphatic heterocycles. The molecule has 24 heavy (non-hydrogen) atoms. The Kier molecular flexibility index (Phi) is 5.00. The molecule has 0 aliphatic carbocycles. The molecular weight excluding hydrogens is 302 g/mol. The molecule has 1 aliphatic rings. The highest BCUT2D eigenvalue weighted by Crippen LogP contribution is 2.23. The van der Waals surface area contributed by atoms with Gasteiger partial charge in [-0.2, -0.15) is 0 Å². The number of carbonyl (C=O) groups is 1. The van der Waals surface area contributed by atoms with Gasteiger partial charge in [-0.05, 0) is 25.2 Å². The number of piperidine rings is 1. The van der Waals surface area contributed by atoms with Gasteiger partial charge in [-0.3, -0.25) is 15.0 Å². The predicted octanol–water partition coefficient (Wildman–Crippen LogP) is 3.57. The highest BCUT2D eigenvalue weighted by Gasteiger charge is 2.23. The lowest BCUT2D eigenvalue weighted by molar-refractivity contribution is -0.118. The van der Waals surface area contributed by atoms with Crippen LogP contribution in [0.15, 0.2) is 34.9 Å². The molecule has 0 unspecified atom stereocenters. The van der Waals surface area contributed by atoms with E-state index >= 15 is 0 Å². The van der Waals surface area contributed by atoms with Crippen molar-refractivity contribution in [1.82, 2.24) is 10.1 Å². The number of hydrogen-bond acceptors (Lipinski definition) is 4. The summed E-state index contributed by atoms with van der Waals surface area (Å²) in [5.74, 6) is 1.62. The number of aryl methyl sites for hydroxylation is 1. The lowest BCUT2D eigenvalue weighted by atomic mass is 9.92. The Morgan fingerprint density at radius 1 is 1.25 bits per heavy atom. The van der Waals surface area contributed by atoms with E-state index in [9.17, 15) is 4.79 Å². The van der Waals surface area contributed by atoms with Crippen LogP contribution in [0.4, 0.5) is 5.88 Å². The zero-order valence-electron chi connectivity index (χ0n) is 14.6. The van der Waals surface area contributed by atoms with Gasteiger partial charge in [-0.25, -0.2) is 0 Å². The fourth-order valence-corrected chi connectivity index (χ4v) is 3.50. The topological polar surface area (TPSA) is 58.4 Å². The summed E-state index contributed by atoms with van der Waals surface area (Å²) < 4.78 is 5.25. The third kappa shape index (κ3) is 4.23. The molecule has 5 heteroatoms. The predicted molar refractivity (Wildman–Crippen MR) is 94.7 cm³/mol. The molecule has 3 rings (SSSR count). The minimum atomic E-state index is -0.0529. The standard InChI is InChI=1S/C19H25N3O2/c1-13-4-6-16(7-5-13)17-9-19(24-21-17)20-18(23)12-22-10-14(2)8-15(3)11-22/h4-7,9,14-15H,8,10-12H2,1-3H3,(H,20,23)/t14-,15-/m0/s1. The quantitative estimate of drug-likeness (QED) is 0.933. The summed E-state index contributed by atoms with van der Waals surface area (Å²) in [7, 11) is 0. The van der Waals surface area contributed by atoms with E-state index < -0.39 is 0 Å². The van der Waals surface area contributed by atoms with Crippen LogP contribution >= 0.6 is 0 Å². The van der Waals surface area contributed by atoms with Gasteiger partial charge >= 0.3 is 0 Å². The number of amides is 1. The molecule has 1 amide bonds. The number of nitrogens with one attached hydrogen (secondary N) is 1. The minimum Gasteiger partial charge on any atom is -0.338 e. The van der Waals surface area contributed by atoms with Crippen molar-refractivity contribution >= 4 is 11.8 Å². The molecule has 1 saturated heterocycles. The van der Waals surface area contributed by atoms with Crippen LogP contribution in [0.2, 0.25) is 0 Å². The average Bonchev–Trinajstić information content (AvgIpc) is 2.95. The zero-order chi connectivity index (χ0) is 17.1. The first-order valence-corrected chi connectivity index (χ1v) is 8.55. The van der Waals surface area contributed by atoms with Gasteiger partial charge in [0.15, 0.2) is 0 Å². The van der Waals surface area contributed by atoms with Crippen LogP contribution in [0.5, 0.6) is 0 Å². The molecular formula is C19H25N3O2.